The number of aromatic nitrogens is 1. The van der Waals surface area contributed by atoms with Gasteiger partial charge in [-0.2, -0.15) is 0 Å². The Bertz CT molecular complexity index is 354. The fraction of sp³-hybridized carbons (Fsp3) is 0.455. The normalized spacial score (nSPS) is 12.3. The molecule has 0 saturated heterocycles. The van der Waals surface area contributed by atoms with Gasteiger partial charge in [-0.05, 0) is 35.3 Å². The molecule has 0 radical (unpaired) electrons. The summed E-state index contributed by atoms with van der Waals surface area (Å²) in [6.07, 6.45) is 4.20. The van der Waals surface area contributed by atoms with Crippen molar-refractivity contribution in [2.45, 2.75) is 26.3 Å². The van der Waals surface area contributed by atoms with Gasteiger partial charge in [-0.3, -0.25) is 9.78 Å². The Labute approximate surface area is 98.6 Å². The highest BCUT2D eigenvalue weighted by atomic mass is 79.9. The second-order valence-electron chi connectivity index (χ2n) is 3.57. The quantitative estimate of drug-likeness (QED) is 0.846. The van der Waals surface area contributed by atoms with Crippen LogP contribution < -0.4 is 0 Å². The van der Waals surface area contributed by atoms with E-state index in [-0.39, 0.29) is 11.9 Å². The minimum Gasteiger partial charge on any atom is -0.339 e. The molecule has 0 aromatic carbocycles. The van der Waals surface area contributed by atoms with E-state index in [2.05, 4.69) is 27.8 Å². The Morgan fingerprint density at radius 1 is 1.60 bits per heavy atom. The van der Waals surface area contributed by atoms with Crippen LogP contribution in [-0.4, -0.2) is 28.9 Å². The smallest absolute Gasteiger partial charge is 0.255 e. The molecule has 0 N–H and O–H groups in total. The number of amides is 1. The number of nitrogens with zero attached hydrogens (tertiary/aromatic N) is 2. The zero-order valence-electron chi connectivity index (χ0n) is 9.20. The van der Waals surface area contributed by atoms with Crippen molar-refractivity contribution in [1.29, 1.82) is 0 Å². The van der Waals surface area contributed by atoms with Gasteiger partial charge in [0.1, 0.15) is 0 Å². The first kappa shape index (κ1) is 12.2. The fourth-order valence-corrected chi connectivity index (χ4v) is 1.57. The first-order valence-corrected chi connectivity index (χ1v) is 5.73. The molecule has 1 heterocycles. The largest absolute Gasteiger partial charge is 0.339 e. The highest BCUT2D eigenvalue weighted by molar-refractivity contribution is 9.10. The van der Waals surface area contributed by atoms with E-state index in [4.69, 9.17) is 0 Å². The average molecular weight is 271 g/mol. The summed E-state index contributed by atoms with van der Waals surface area (Å²) in [6.45, 7) is 4.09. The third kappa shape index (κ3) is 3.02. The van der Waals surface area contributed by atoms with Gasteiger partial charge in [-0.1, -0.05) is 6.92 Å². The van der Waals surface area contributed by atoms with Crippen LogP contribution in [0.2, 0.25) is 0 Å². The third-order valence-electron chi connectivity index (χ3n) is 2.52. The first-order chi connectivity index (χ1) is 7.06. The number of pyridine rings is 1. The Balaban J connectivity index is 2.85. The van der Waals surface area contributed by atoms with Gasteiger partial charge >= 0.3 is 0 Å². The van der Waals surface area contributed by atoms with E-state index in [0.29, 0.717) is 5.56 Å². The number of carbonyl (C=O) groups excluding carboxylic acids is 1. The molecule has 0 spiro atoms. The van der Waals surface area contributed by atoms with Crippen LogP contribution in [0.5, 0.6) is 0 Å². The van der Waals surface area contributed by atoms with Gasteiger partial charge in [0.25, 0.3) is 5.91 Å². The molecule has 1 amide bonds. The maximum atomic E-state index is 12.0. The first-order valence-electron chi connectivity index (χ1n) is 4.94. The number of halogens is 1. The standard InChI is InChI=1S/C11H15BrN2O/c1-4-8(2)14(3)11(15)9-5-10(12)7-13-6-9/h5-8H,4H2,1-3H3. The maximum absolute atomic E-state index is 12.0. The zero-order chi connectivity index (χ0) is 11.4. The van der Waals surface area contributed by atoms with Crippen LogP contribution in [0, 0.1) is 0 Å². The molecular weight excluding hydrogens is 256 g/mol. The van der Waals surface area contributed by atoms with Crippen molar-refractivity contribution in [3.8, 4) is 0 Å². The summed E-state index contributed by atoms with van der Waals surface area (Å²) in [5, 5.41) is 0. The summed E-state index contributed by atoms with van der Waals surface area (Å²) in [4.78, 5) is 17.7. The summed E-state index contributed by atoms with van der Waals surface area (Å²) in [5.41, 5.74) is 0.618. The number of rotatable bonds is 3. The number of carbonyl (C=O) groups is 1. The van der Waals surface area contributed by atoms with Crippen LogP contribution >= 0.6 is 15.9 Å². The summed E-state index contributed by atoms with van der Waals surface area (Å²) in [7, 11) is 1.82. The van der Waals surface area contributed by atoms with Gasteiger partial charge in [-0.15, -0.1) is 0 Å². The Morgan fingerprint density at radius 2 is 2.27 bits per heavy atom. The molecule has 1 unspecified atom stereocenters. The van der Waals surface area contributed by atoms with Gasteiger partial charge in [0.15, 0.2) is 0 Å². The molecule has 3 nitrogen and oxygen atoms in total. The van der Waals surface area contributed by atoms with E-state index in [1.807, 2.05) is 14.0 Å². The molecule has 0 bridgehead atoms. The van der Waals surface area contributed by atoms with Gasteiger partial charge in [0.2, 0.25) is 0 Å². The highest BCUT2D eigenvalue weighted by Gasteiger charge is 2.16. The van der Waals surface area contributed by atoms with Gasteiger partial charge in [0.05, 0.1) is 5.56 Å². The lowest BCUT2D eigenvalue weighted by molar-refractivity contribution is 0.0740. The molecule has 4 heteroatoms. The lowest BCUT2D eigenvalue weighted by atomic mass is 10.2. The molecular formula is C11H15BrN2O. The Hall–Kier alpha value is -0.900. The second kappa shape index (κ2) is 5.26. The lowest BCUT2D eigenvalue weighted by Gasteiger charge is -2.23. The van der Waals surface area contributed by atoms with Crippen LogP contribution in [0.1, 0.15) is 30.6 Å². The van der Waals surface area contributed by atoms with Gasteiger partial charge in [-0.25, -0.2) is 0 Å². The third-order valence-corrected chi connectivity index (χ3v) is 2.96. The van der Waals surface area contributed by atoms with E-state index in [0.717, 1.165) is 10.9 Å². The average Bonchev–Trinajstić information content (AvgIpc) is 2.26. The fourth-order valence-electron chi connectivity index (χ4n) is 1.21. The molecule has 0 aliphatic carbocycles. The molecule has 1 aromatic heterocycles. The van der Waals surface area contributed by atoms with Crippen LogP contribution in [0.25, 0.3) is 0 Å². The van der Waals surface area contributed by atoms with Crippen LogP contribution in [0.4, 0.5) is 0 Å². The second-order valence-corrected chi connectivity index (χ2v) is 4.48. The summed E-state index contributed by atoms with van der Waals surface area (Å²) < 4.78 is 0.825. The monoisotopic (exact) mass is 270 g/mol. The van der Waals surface area contributed by atoms with Gasteiger partial charge in [0, 0.05) is 30.0 Å². The van der Waals surface area contributed by atoms with E-state index >= 15 is 0 Å². The summed E-state index contributed by atoms with van der Waals surface area (Å²) >= 11 is 3.30. The van der Waals surface area contributed by atoms with Crippen molar-refractivity contribution in [3.05, 3.63) is 28.5 Å². The minimum atomic E-state index is 0.0122. The minimum absolute atomic E-state index is 0.0122. The molecule has 0 aliphatic rings. The van der Waals surface area contributed by atoms with Crippen molar-refractivity contribution in [3.63, 3.8) is 0 Å². The Kier molecular flexibility index (Phi) is 4.27. The van der Waals surface area contributed by atoms with E-state index < -0.39 is 0 Å². The lowest BCUT2D eigenvalue weighted by Crippen LogP contribution is -2.34. The van der Waals surface area contributed by atoms with Crippen molar-refractivity contribution >= 4 is 21.8 Å². The molecule has 0 saturated carbocycles. The van der Waals surface area contributed by atoms with Crippen molar-refractivity contribution < 1.29 is 4.79 Å². The van der Waals surface area contributed by atoms with Crippen LogP contribution in [-0.2, 0) is 0 Å². The van der Waals surface area contributed by atoms with Crippen LogP contribution in [0.3, 0.4) is 0 Å². The molecule has 0 aliphatic heterocycles. The summed E-state index contributed by atoms with van der Waals surface area (Å²) in [5.74, 6) is 0.0122. The molecule has 1 rings (SSSR count). The van der Waals surface area contributed by atoms with Gasteiger partial charge < -0.3 is 4.90 Å². The van der Waals surface area contributed by atoms with E-state index in [1.165, 1.54) is 0 Å². The predicted octanol–water partition coefficient (Wildman–Crippen LogP) is 2.71. The molecule has 15 heavy (non-hydrogen) atoms. The van der Waals surface area contributed by atoms with Crippen molar-refractivity contribution in [2.24, 2.45) is 0 Å². The van der Waals surface area contributed by atoms with Crippen molar-refractivity contribution in [2.75, 3.05) is 7.05 Å². The predicted molar refractivity (Wildman–Crippen MR) is 63.8 cm³/mol. The zero-order valence-corrected chi connectivity index (χ0v) is 10.8. The number of hydrogen-bond donors (Lipinski definition) is 0. The maximum Gasteiger partial charge on any atom is 0.255 e. The van der Waals surface area contributed by atoms with Crippen LogP contribution in [0.15, 0.2) is 22.9 Å². The SMILES string of the molecule is CCC(C)N(C)C(=O)c1cncc(Br)c1. The molecule has 0 fully saturated rings. The van der Waals surface area contributed by atoms with E-state index in [1.54, 1.807) is 23.4 Å². The van der Waals surface area contributed by atoms with E-state index in [9.17, 15) is 4.79 Å². The number of hydrogen-bond acceptors (Lipinski definition) is 2. The molecule has 1 aromatic rings. The molecule has 82 valence electrons. The summed E-state index contributed by atoms with van der Waals surface area (Å²) in [6, 6.07) is 2.03. The van der Waals surface area contributed by atoms with Crippen molar-refractivity contribution in [1.82, 2.24) is 9.88 Å². The molecule has 1 atom stereocenters. The highest BCUT2D eigenvalue weighted by Crippen LogP contribution is 2.12. The Morgan fingerprint density at radius 3 is 2.80 bits per heavy atom. The topological polar surface area (TPSA) is 33.2 Å².